The van der Waals surface area contributed by atoms with Gasteiger partial charge in [-0.25, -0.2) is 4.79 Å². The minimum absolute atomic E-state index is 0.172. The summed E-state index contributed by atoms with van der Waals surface area (Å²) >= 11 is 9.63. The first kappa shape index (κ1) is 20.1. The zero-order valence-electron chi connectivity index (χ0n) is 14.2. The van der Waals surface area contributed by atoms with Gasteiger partial charge in [-0.05, 0) is 45.8 Å². The quantitative estimate of drug-likeness (QED) is 0.314. The number of halogens is 2. The number of carbonyl (C=O) groups is 1. The van der Waals surface area contributed by atoms with Crippen LogP contribution in [-0.2, 0) is 16.1 Å². The van der Waals surface area contributed by atoms with Crippen LogP contribution >= 0.6 is 27.5 Å². The lowest BCUT2D eigenvalue weighted by atomic mass is 10.2. The van der Waals surface area contributed by atoms with E-state index < -0.39 is 5.97 Å². The second-order valence-corrected chi connectivity index (χ2v) is 6.43. The Kier molecular flexibility index (Phi) is 7.75. The second kappa shape index (κ2) is 10.0. The highest BCUT2D eigenvalue weighted by Crippen LogP contribution is 2.37. The van der Waals surface area contributed by atoms with Crippen LogP contribution in [-0.4, -0.2) is 19.7 Å². The van der Waals surface area contributed by atoms with E-state index in [1.54, 1.807) is 19.3 Å². The minimum Gasteiger partial charge on any atom is -0.493 e. The number of benzene rings is 2. The van der Waals surface area contributed by atoms with Crippen LogP contribution in [0.25, 0.3) is 6.08 Å². The van der Waals surface area contributed by atoms with Crippen molar-refractivity contribution in [1.82, 2.24) is 0 Å². The summed E-state index contributed by atoms with van der Waals surface area (Å²) in [4.78, 5) is 11.5. The molecule has 0 aromatic heterocycles. The van der Waals surface area contributed by atoms with E-state index in [1.165, 1.54) is 12.2 Å². The van der Waals surface area contributed by atoms with Crippen LogP contribution in [0.15, 0.2) is 59.6 Å². The van der Waals surface area contributed by atoms with E-state index in [9.17, 15) is 4.79 Å². The Hall–Kier alpha value is -2.24. The first-order valence-electron chi connectivity index (χ1n) is 7.74. The van der Waals surface area contributed by atoms with Crippen molar-refractivity contribution >= 4 is 39.6 Å². The Morgan fingerprint density at radius 2 is 2.08 bits per heavy atom. The predicted molar refractivity (Wildman–Crippen MR) is 107 cm³/mol. The van der Waals surface area contributed by atoms with Gasteiger partial charge in [0.2, 0.25) is 0 Å². The molecule has 0 atom stereocenters. The molecule has 4 nitrogen and oxygen atoms in total. The molecule has 0 spiro atoms. The van der Waals surface area contributed by atoms with Crippen molar-refractivity contribution < 1.29 is 19.0 Å². The van der Waals surface area contributed by atoms with Crippen molar-refractivity contribution in [3.63, 3.8) is 0 Å². The normalized spacial score (nSPS) is 10.6. The fourth-order valence-corrected chi connectivity index (χ4v) is 2.86. The van der Waals surface area contributed by atoms with Gasteiger partial charge in [-0.1, -0.05) is 42.5 Å². The van der Waals surface area contributed by atoms with Crippen molar-refractivity contribution in [2.24, 2.45) is 0 Å². The summed E-state index contributed by atoms with van der Waals surface area (Å²) in [5, 5.41) is 0.639. The van der Waals surface area contributed by atoms with Crippen molar-refractivity contribution in [3.05, 3.63) is 75.8 Å². The average molecular weight is 438 g/mol. The number of hydrogen-bond donors (Lipinski definition) is 0. The molecule has 0 aliphatic carbocycles. The minimum atomic E-state index is -0.445. The largest absolute Gasteiger partial charge is 0.493 e. The summed E-state index contributed by atoms with van der Waals surface area (Å²) in [6.07, 6.45) is 4.49. The van der Waals surface area contributed by atoms with E-state index in [4.69, 9.17) is 25.8 Å². The molecule has 2 aromatic rings. The first-order chi connectivity index (χ1) is 12.5. The van der Waals surface area contributed by atoms with Gasteiger partial charge in [-0.15, -0.1) is 0 Å². The van der Waals surface area contributed by atoms with E-state index in [1.807, 2.05) is 30.3 Å². The van der Waals surface area contributed by atoms with Gasteiger partial charge in [0.1, 0.15) is 13.2 Å². The molecule has 0 aliphatic heterocycles. The molecule has 0 amide bonds. The smallest absolute Gasteiger partial charge is 0.331 e. The molecule has 2 aromatic carbocycles. The van der Waals surface area contributed by atoms with Gasteiger partial charge in [0.15, 0.2) is 11.5 Å². The van der Waals surface area contributed by atoms with Crippen molar-refractivity contribution in [2.45, 2.75) is 6.61 Å². The van der Waals surface area contributed by atoms with Gasteiger partial charge < -0.3 is 14.2 Å². The highest BCUT2D eigenvalue weighted by atomic mass is 79.9. The summed E-state index contributed by atoms with van der Waals surface area (Å²) in [7, 11) is 1.55. The zero-order valence-corrected chi connectivity index (χ0v) is 16.5. The van der Waals surface area contributed by atoms with Crippen LogP contribution < -0.4 is 9.47 Å². The molecule has 6 heteroatoms. The molecule has 0 saturated carbocycles. The molecular weight excluding hydrogens is 420 g/mol. The van der Waals surface area contributed by atoms with E-state index in [2.05, 4.69) is 22.5 Å². The fraction of sp³-hybridized carbons (Fsp3) is 0.150. The van der Waals surface area contributed by atoms with Gasteiger partial charge in [0.05, 0.1) is 11.6 Å². The van der Waals surface area contributed by atoms with Gasteiger partial charge >= 0.3 is 5.97 Å². The van der Waals surface area contributed by atoms with E-state index in [-0.39, 0.29) is 6.61 Å². The van der Waals surface area contributed by atoms with Crippen molar-refractivity contribution in [2.75, 3.05) is 13.7 Å². The van der Waals surface area contributed by atoms with Crippen molar-refractivity contribution in [3.8, 4) is 11.5 Å². The molecule has 0 heterocycles. The summed E-state index contributed by atoms with van der Waals surface area (Å²) in [5.41, 5.74) is 1.63. The Morgan fingerprint density at radius 1 is 1.31 bits per heavy atom. The van der Waals surface area contributed by atoms with Crippen LogP contribution in [0.2, 0.25) is 5.02 Å². The summed E-state index contributed by atoms with van der Waals surface area (Å²) in [6.45, 7) is 3.97. The Bertz CT molecular complexity index is 817. The maximum atomic E-state index is 11.5. The van der Waals surface area contributed by atoms with Gasteiger partial charge in [-0.3, -0.25) is 0 Å². The number of ether oxygens (including phenoxy) is 3. The van der Waals surface area contributed by atoms with E-state index in [0.29, 0.717) is 27.6 Å². The summed E-state index contributed by atoms with van der Waals surface area (Å²) in [6, 6.07) is 11.1. The molecule has 26 heavy (non-hydrogen) atoms. The Balaban J connectivity index is 2.16. The van der Waals surface area contributed by atoms with E-state index in [0.717, 1.165) is 11.1 Å². The third-order valence-corrected chi connectivity index (χ3v) is 4.29. The highest BCUT2D eigenvalue weighted by Gasteiger charge is 2.12. The predicted octanol–water partition coefficient (Wildman–Crippen LogP) is 5.43. The number of esters is 1. The molecule has 0 radical (unpaired) electrons. The highest BCUT2D eigenvalue weighted by molar-refractivity contribution is 9.10. The lowest BCUT2D eigenvalue weighted by Crippen LogP contribution is -2.00. The second-order valence-electron chi connectivity index (χ2n) is 5.17. The number of rotatable bonds is 8. The molecule has 0 unspecified atom stereocenters. The van der Waals surface area contributed by atoms with Crippen LogP contribution in [0.4, 0.5) is 0 Å². The SMILES string of the molecule is C=CCOC(=O)/C=C/c1cc(Br)c(OCc2ccccc2Cl)c(OC)c1. The topological polar surface area (TPSA) is 44.8 Å². The van der Waals surface area contributed by atoms with Crippen LogP contribution in [0.3, 0.4) is 0 Å². The Morgan fingerprint density at radius 3 is 2.77 bits per heavy atom. The molecule has 0 bridgehead atoms. The van der Waals surface area contributed by atoms with Gasteiger partial charge in [0, 0.05) is 16.7 Å². The zero-order chi connectivity index (χ0) is 18.9. The molecule has 0 saturated heterocycles. The monoisotopic (exact) mass is 436 g/mol. The Labute approximate surface area is 166 Å². The van der Waals surface area contributed by atoms with Crippen LogP contribution in [0.1, 0.15) is 11.1 Å². The fourth-order valence-electron chi connectivity index (χ4n) is 2.09. The molecule has 136 valence electrons. The lowest BCUT2D eigenvalue weighted by molar-refractivity contribution is -0.136. The van der Waals surface area contributed by atoms with Crippen LogP contribution in [0.5, 0.6) is 11.5 Å². The summed E-state index contributed by atoms with van der Waals surface area (Å²) < 4.78 is 16.9. The molecular formula is C20H18BrClO4. The summed E-state index contributed by atoms with van der Waals surface area (Å²) in [5.74, 6) is 0.642. The van der Waals surface area contributed by atoms with Gasteiger partial charge in [0.25, 0.3) is 0 Å². The maximum Gasteiger partial charge on any atom is 0.331 e. The first-order valence-corrected chi connectivity index (χ1v) is 8.91. The number of methoxy groups -OCH3 is 1. The third-order valence-electron chi connectivity index (χ3n) is 3.34. The third kappa shape index (κ3) is 5.64. The average Bonchev–Trinajstić information content (AvgIpc) is 2.64. The van der Waals surface area contributed by atoms with Gasteiger partial charge in [-0.2, -0.15) is 0 Å². The molecule has 0 fully saturated rings. The van der Waals surface area contributed by atoms with Crippen molar-refractivity contribution in [1.29, 1.82) is 0 Å². The number of hydrogen-bond acceptors (Lipinski definition) is 4. The maximum absolute atomic E-state index is 11.5. The van der Waals surface area contributed by atoms with E-state index >= 15 is 0 Å². The number of carbonyl (C=O) groups excluding carboxylic acids is 1. The standard InChI is InChI=1S/C20H18BrClO4/c1-3-10-25-19(23)9-8-14-11-16(21)20(18(12-14)24-2)26-13-15-6-4-5-7-17(15)22/h3-9,11-12H,1,10,13H2,2H3/b9-8+. The molecule has 0 N–H and O–H groups in total. The van der Waals surface area contributed by atoms with Crippen LogP contribution in [0, 0.1) is 0 Å². The lowest BCUT2D eigenvalue weighted by Gasteiger charge is -2.14. The molecule has 2 rings (SSSR count). The molecule has 0 aliphatic rings.